The molecule has 0 aliphatic carbocycles. The fraction of sp³-hybridized carbons (Fsp3) is 0.417. The number of carbonyl (C=O) groups is 2. The van der Waals surface area contributed by atoms with Gasteiger partial charge in [-0.05, 0) is 26.0 Å². The first-order chi connectivity index (χ1) is 9.61. The monoisotopic (exact) mass is 304 g/mol. The van der Waals surface area contributed by atoms with Gasteiger partial charge in [-0.1, -0.05) is 0 Å². The predicted molar refractivity (Wildman–Crippen MR) is 69.5 cm³/mol. The highest BCUT2D eigenvalue weighted by Crippen LogP contribution is 2.29. The minimum absolute atomic E-state index is 0.121. The molecule has 21 heavy (non-hydrogen) atoms. The molecule has 0 fully saturated rings. The number of primary amides is 1. The van der Waals surface area contributed by atoms with Gasteiger partial charge < -0.3 is 16.4 Å². The summed E-state index contributed by atoms with van der Waals surface area (Å²) < 4.78 is 37.8. The number of hydrogen-bond donors (Lipinski definition) is 3. The van der Waals surface area contributed by atoms with Crippen LogP contribution < -0.4 is 16.4 Å². The van der Waals surface area contributed by atoms with Crippen LogP contribution in [0.3, 0.4) is 0 Å². The molecule has 0 radical (unpaired) electrons. The number of hydrogen-bond acceptors (Lipinski definition) is 4. The van der Waals surface area contributed by atoms with Gasteiger partial charge in [0.15, 0.2) is 0 Å². The van der Waals surface area contributed by atoms with Gasteiger partial charge in [0.2, 0.25) is 5.91 Å². The lowest BCUT2D eigenvalue weighted by Crippen LogP contribution is -2.35. The summed E-state index contributed by atoms with van der Waals surface area (Å²) in [7, 11) is 0. The largest absolute Gasteiger partial charge is 0.433 e. The molecule has 1 aromatic heterocycles. The molecule has 0 aliphatic heterocycles. The van der Waals surface area contributed by atoms with Gasteiger partial charge in [0, 0.05) is 6.04 Å². The lowest BCUT2D eigenvalue weighted by Gasteiger charge is -2.13. The lowest BCUT2D eigenvalue weighted by atomic mass is 10.2. The van der Waals surface area contributed by atoms with E-state index in [0.29, 0.717) is 6.07 Å². The summed E-state index contributed by atoms with van der Waals surface area (Å²) in [5.41, 5.74) is 3.66. The van der Waals surface area contributed by atoms with Crippen LogP contribution in [0.2, 0.25) is 0 Å². The number of amides is 2. The normalized spacial score (nSPS) is 11.3. The van der Waals surface area contributed by atoms with Gasteiger partial charge in [0.25, 0.3) is 5.91 Å². The number of alkyl halides is 3. The van der Waals surface area contributed by atoms with Crippen molar-refractivity contribution in [1.82, 2.24) is 10.3 Å². The predicted octanol–water partition coefficient (Wildman–Crippen LogP) is 1.14. The van der Waals surface area contributed by atoms with Crippen molar-refractivity contribution in [2.24, 2.45) is 5.73 Å². The number of halogens is 3. The van der Waals surface area contributed by atoms with Gasteiger partial charge in [-0.2, -0.15) is 13.2 Å². The SMILES string of the molecule is CC(C)NC(=O)CNc1nc(C(F)(F)F)ccc1C(N)=O. The smallest absolute Gasteiger partial charge is 0.365 e. The number of rotatable bonds is 5. The van der Waals surface area contributed by atoms with Crippen LogP contribution >= 0.6 is 0 Å². The zero-order valence-electron chi connectivity index (χ0n) is 11.4. The van der Waals surface area contributed by atoms with Crippen molar-refractivity contribution in [3.8, 4) is 0 Å². The second-order valence-corrected chi connectivity index (χ2v) is 4.53. The highest BCUT2D eigenvalue weighted by Gasteiger charge is 2.33. The first-order valence-corrected chi connectivity index (χ1v) is 6.02. The van der Waals surface area contributed by atoms with Gasteiger partial charge >= 0.3 is 6.18 Å². The quantitative estimate of drug-likeness (QED) is 0.760. The van der Waals surface area contributed by atoms with Crippen LogP contribution in [0.5, 0.6) is 0 Å². The summed E-state index contributed by atoms with van der Waals surface area (Å²) in [4.78, 5) is 25.9. The highest BCUT2D eigenvalue weighted by molar-refractivity contribution is 5.98. The van der Waals surface area contributed by atoms with E-state index in [9.17, 15) is 22.8 Å². The maximum atomic E-state index is 12.6. The summed E-state index contributed by atoms with van der Waals surface area (Å²) >= 11 is 0. The Balaban J connectivity index is 2.97. The number of nitrogens with two attached hydrogens (primary N) is 1. The van der Waals surface area contributed by atoms with E-state index in [1.165, 1.54) is 0 Å². The van der Waals surface area contributed by atoms with Crippen molar-refractivity contribution in [1.29, 1.82) is 0 Å². The van der Waals surface area contributed by atoms with Gasteiger partial charge in [0.05, 0.1) is 12.1 Å². The highest BCUT2D eigenvalue weighted by atomic mass is 19.4. The van der Waals surface area contributed by atoms with E-state index in [0.717, 1.165) is 6.07 Å². The topological polar surface area (TPSA) is 97.1 Å². The number of carbonyl (C=O) groups excluding carboxylic acids is 2. The van der Waals surface area contributed by atoms with E-state index in [2.05, 4.69) is 15.6 Å². The van der Waals surface area contributed by atoms with Crippen LogP contribution in [0.1, 0.15) is 29.9 Å². The molecule has 9 heteroatoms. The second-order valence-electron chi connectivity index (χ2n) is 4.53. The summed E-state index contributed by atoms with van der Waals surface area (Å²) in [5.74, 6) is -1.76. The second kappa shape index (κ2) is 6.42. The summed E-state index contributed by atoms with van der Waals surface area (Å²) in [5, 5.41) is 4.93. The molecule has 0 aromatic carbocycles. The minimum Gasteiger partial charge on any atom is -0.365 e. The Kier molecular flexibility index (Phi) is 5.12. The standard InChI is InChI=1S/C12H15F3N4O2/c1-6(2)18-9(20)5-17-11-7(10(16)21)3-4-8(19-11)12(13,14)15/h3-4,6H,5H2,1-2H3,(H2,16,21)(H,17,19)(H,18,20). The fourth-order valence-electron chi connectivity index (χ4n) is 1.49. The Morgan fingerprint density at radius 2 is 1.95 bits per heavy atom. The zero-order valence-corrected chi connectivity index (χ0v) is 11.4. The van der Waals surface area contributed by atoms with Crippen molar-refractivity contribution in [2.45, 2.75) is 26.1 Å². The molecule has 1 rings (SSSR count). The van der Waals surface area contributed by atoms with Gasteiger partial charge in [-0.3, -0.25) is 9.59 Å². The Bertz CT molecular complexity index is 544. The first-order valence-electron chi connectivity index (χ1n) is 6.02. The summed E-state index contributed by atoms with van der Waals surface area (Å²) in [6, 6.07) is 1.45. The molecule has 0 unspecified atom stereocenters. The molecule has 2 amide bonds. The maximum absolute atomic E-state index is 12.6. The van der Waals surface area contributed by atoms with Crippen LogP contribution in [0.15, 0.2) is 12.1 Å². The molecule has 116 valence electrons. The Morgan fingerprint density at radius 1 is 1.33 bits per heavy atom. The van der Waals surface area contributed by atoms with Crippen molar-refractivity contribution >= 4 is 17.6 Å². The van der Waals surface area contributed by atoms with Gasteiger partial charge in [-0.15, -0.1) is 0 Å². The molecule has 0 aliphatic rings. The lowest BCUT2D eigenvalue weighted by molar-refractivity contribution is -0.141. The van der Waals surface area contributed by atoms with Crippen molar-refractivity contribution in [3.05, 3.63) is 23.4 Å². The summed E-state index contributed by atoms with van der Waals surface area (Å²) in [6.45, 7) is 3.14. The van der Waals surface area contributed by atoms with E-state index < -0.39 is 23.7 Å². The molecular formula is C12H15F3N4O2. The molecule has 0 saturated heterocycles. The van der Waals surface area contributed by atoms with Crippen molar-refractivity contribution in [3.63, 3.8) is 0 Å². The molecule has 0 saturated carbocycles. The third-order valence-electron chi connectivity index (χ3n) is 2.32. The Morgan fingerprint density at radius 3 is 2.43 bits per heavy atom. The van der Waals surface area contributed by atoms with Crippen LogP contribution in [0, 0.1) is 0 Å². The Labute approximate surface area is 118 Å². The maximum Gasteiger partial charge on any atom is 0.433 e. The van der Waals surface area contributed by atoms with Gasteiger partial charge in [-0.25, -0.2) is 4.98 Å². The van der Waals surface area contributed by atoms with E-state index in [-0.39, 0.29) is 24.0 Å². The number of aromatic nitrogens is 1. The van der Waals surface area contributed by atoms with E-state index >= 15 is 0 Å². The third kappa shape index (κ3) is 4.93. The molecule has 0 spiro atoms. The average molecular weight is 304 g/mol. The molecule has 1 heterocycles. The van der Waals surface area contributed by atoms with Crippen LogP contribution in [-0.2, 0) is 11.0 Å². The van der Waals surface area contributed by atoms with Crippen molar-refractivity contribution in [2.75, 3.05) is 11.9 Å². The van der Waals surface area contributed by atoms with Gasteiger partial charge in [0.1, 0.15) is 11.5 Å². The van der Waals surface area contributed by atoms with Crippen LogP contribution in [0.4, 0.5) is 19.0 Å². The first kappa shape index (κ1) is 16.7. The van der Waals surface area contributed by atoms with Crippen LogP contribution in [-0.4, -0.2) is 29.4 Å². The number of pyridine rings is 1. The van der Waals surface area contributed by atoms with E-state index in [4.69, 9.17) is 5.73 Å². The molecule has 6 nitrogen and oxygen atoms in total. The molecular weight excluding hydrogens is 289 g/mol. The molecule has 1 aromatic rings. The Hall–Kier alpha value is -2.32. The summed E-state index contributed by atoms with van der Waals surface area (Å²) in [6.07, 6.45) is -4.66. The van der Waals surface area contributed by atoms with Crippen molar-refractivity contribution < 1.29 is 22.8 Å². The molecule has 0 atom stereocenters. The number of anilines is 1. The van der Waals surface area contributed by atoms with E-state index in [1.807, 2.05) is 0 Å². The zero-order chi connectivity index (χ0) is 16.2. The van der Waals surface area contributed by atoms with Crippen LogP contribution in [0.25, 0.3) is 0 Å². The average Bonchev–Trinajstić information content (AvgIpc) is 2.33. The van der Waals surface area contributed by atoms with E-state index in [1.54, 1.807) is 13.8 Å². The fourth-order valence-corrected chi connectivity index (χ4v) is 1.49. The third-order valence-corrected chi connectivity index (χ3v) is 2.32. The number of nitrogens with zero attached hydrogens (tertiary/aromatic N) is 1. The molecule has 4 N–H and O–H groups in total. The molecule has 0 bridgehead atoms. The minimum atomic E-state index is -4.66. The number of nitrogens with one attached hydrogen (secondary N) is 2.